The average Bonchev–Trinajstić information content (AvgIpc) is 3.27. The fourth-order valence-electron chi connectivity index (χ4n) is 3.43. The molecule has 5 nitrogen and oxygen atoms in total. The van der Waals surface area contributed by atoms with E-state index in [-0.39, 0.29) is 11.8 Å². The van der Waals surface area contributed by atoms with Crippen LogP contribution in [0.5, 0.6) is 0 Å². The Bertz CT molecular complexity index is 928. The molecule has 1 aliphatic heterocycles. The highest BCUT2D eigenvalue weighted by Gasteiger charge is 2.33. The topological polar surface area (TPSA) is 61.9 Å². The second-order valence-electron chi connectivity index (χ2n) is 7.04. The highest BCUT2D eigenvalue weighted by Crippen LogP contribution is 2.33. The van der Waals surface area contributed by atoms with Gasteiger partial charge in [0.2, 0.25) is 0 Å². The van der Waals surface area contributed by atoms with Gasteiger partial charge in [0.05, 0.1) is 35.0 Å². The van der Waals surface area contributed by atoms with Crippen molar-refractivity contribution >= 4 is 17.2 Å². The van der Waals surface area contributed by atoms with E-state index in [9.17, 15) is 4.79 Å². The number of nitrogens with one attached hydrogen (secondary N) is 1. The summed E-state index contributed by atoms with van der Waals surface area (Å²) in [6.07, 6.45) is 1.73. The Morgan fingerprint density at radius 3 is 2.77 bits per heavy atom. The first-order chi connectivity index (χ1) is 12.5. The van der Waals surface area contributed by atoms with Crippen molar-refractivity contribution < 1.29 is 4.79 Å². The third-order valence-corrected chi connectivity index (χ3v) is 6.27. The smallest absolute Gasteiger partial charge is 0.266 e. The predicted octanol–water partition coefficient (Wildman–Crippen LogP) is 4.09. The minimum atomic E-state index is 0.0630. The molecule has 2 aromatic heterocycles. The summed E-state index contributed by atoms with van der Waals surface area (Å²) in [5, 5.41) is 1.02. The van der Waals surface area contributed by atoms with E-state index < -0.39 is 0 Å². The van der Waals surface area contributed by atoms with Crippen molar-refractivity contribution in [3.05, 3.63) is 69.2 Å². The normalized spacial score (nSPS) is 16.8. The van der Waals surface area contributed by atoms with Gasteiger partial charge in [-0.3, -0.25) is 4.79 Å². The molecule has 1 aliphatic rings. The van der Waals surface area contributed by atoms with E-state index >= 15 is 0 Å². The lowest BCUT2D eigenvalue weighted by Crippen LogP contribution is -2.38. The van der Waals surface area contributed by atoms with E-state index in [1.807, 2.05) is 30.0 Å². The summed E-state index contributed by atoms with van der Waals surface area (Å²) < 4.78 is 0. The van der Waals surface area contributed by atoms with Gasteiger partial charge in [-0.25, -0.2) is 9.97 Å². The maximum atomic E-state index is 13.2. The zero-order valence-electron chi connectivity index (χ0n) is 15.2. The summed E-state index contributed by atoms with van der Waals surface area (Å²) in [6, 6.07) is 10.3. The van der Waals surface area contributed by atoms with E-state index in [1.165, 1.54) is 16.9 Å². The van der Waals surface area contributed by atoms with Crippen molar-refractivity contribution in [1.29, 1.82) is 0 Å². The zero-order chi connectivity index (χ0) is 18.3. The van der Waals surface area contributed by atoms with Crippen LogP contribution < -0.4 is 0 Å². The number of rotatable bonds is 3. The molecule has 0 saturated carbocycles. The van der Waals surface area contributed by atoms with Crippen molar-refractivity contribution in [2.75, 3.05) is 6.54 Å². The number of carbonyl (C=O) groups is 1. The van der Waals surface area contributed by atoms with Crippen molar-refractivity contribution in [1.82, 2.24) is 19.9 Å². The Labute approximate surface area is 157 Å². The molecule has 6 heteroatoms. The Hall–Kier alpha value is -2.47. The second kappa shape index (κ2) is 6.68. The Morgan fingerprint density at radius 1 is 1.31 bits per heavy atom. The minimum absolute atomic E-state index is 0.0630. The van der Waals surface area contributed by atoms with E-state index in [0.717, 1.165) is 27.0 Å². The first-order valence-corrected chi connectivity index (χ1v) is 9.70. The Kier molecular flexibility index (Phi) is 4.36. The van der Waals surface area contributed by atoms with Crippen molar-refractivity contribution in [2.45, 2.75) is 39.2 Å². The van der Waals surface area contributed by atoms with Crippen molar-refractivity contribution in [3.8, 4) is 0 Å². The summed E-state index contributed by atoms with van der Waals surface area (Å²) in [5.74, 6) is 0.485. The van der Waals surface area contributed by atoms with Gasteiger partial charge in [-0.1, -0.05) is 44.2 Å². The van der Waals surface area contributed by atoms with Crippen LogP contribution in [0.2, 0.25) is 0 Å². The fraction of sp³-hybridized carbons (Fsp3) is 0.350. The number of hydrogen-bond donors (Lipinski definition) is 1. The average molecular weight is 366 g/mol. The molecule has 1 N–H and O–H groups in total. The van der Waals surface area contributed by atoms with E-state index in [4.69, 9.17) is 0 Å². The summed E-state index contributed by atoms with van der Waals surface area (Å²) in [4.78, 5) is 28.2. The number of carbonyl (C=O) groups excluding carboxylic acids is 1. The SMILES string of the molecule is Cc1nc(C(C)C)sc1C(=O)N1Cc2[nH]cnc2C(c2ccccc2)C1. The maximum Gasteiger partial charge on any atom is 0.266 e. The number of aromatic nitrogens is 3. The summed E-state index contributed by atoms with van der Waals surface area (Å²) in [7, 11) is 0. The number of amides is 1. The van der Waals surface area contributed by atoms with Crippen LogP contribution in [0.25, 0.3) is 0 Å². The quantitative estimate of drug-likeness (QED) is 0.759. The minimum Gasteiger partial charge on any atom is -0.347 e. The van der Waals surface area contributed by atoms with Gasteiger partial charge in [-0.2, -0.15) is 0 Å². The van der Waals surface area contributed by atoms with Crippen LogP contribution >= 0.6 is 11.3 Å². The third kappa shape index (κ3) is 2.94. The van der Waals surface area contributed by atoms with Gasteiger partial charge < -0.3 is 9.88 Å². The standard InChI is InChI=1S/C20H22N4OS/c1-12(2)19-23-13(3)18(26-19)20(25)24-9-15(14-7-5-4-6-8-14)17-16(10-24)21-11-22-17/h4-8,11-12,15H,9-10H2,1-3H3,(H,21,22). The number of hydrogen-bond acceptors (Lipinski definition) is 4. The maximum absolute atomic E-state index is 13.2. The molecule has 1 amide bonds. The van der Waals surface area contributed by atoms with E-state index in [2.05, 4.69) is 40.9 Å². The molecular weight excluding hydrogens is 344 g/mol. The first kappa shape index (κ1) is 17.0. The highest BCUT2D eigenvalue weighted by atomic mass is 32.1. The van der Waals surface area contributed by atoms with Gasteiger partial charge in [0, 0.05) is 18.4 Å². The number of imidazole rings is 1. The molecule has 0 bridgehead atoms. The lowest BCUT2D eigenvalue weighted by atomic mass is 9.91. The van der Waals surface area contributed by atoms with Crippen LogP contribution in [-0.4, -0.2) is 32.3 Å². The molecule has 0 saturated heterocycles. The van der Waals surface area contributed by atoms with Crippen molar-refractivity contribution in [3.63, 3.8) is 0 Å². The number of fused-ring (bicyclic) bond motifs is 1. The number of H-pyrrole nitrogens is 1. The molecule has 0 fully saturated rings. The summed E-state index contributed by atoms with van der Waals surface area (Å²) in [6.45, 7) is 7.34. The molecule has 1 aromatic carbocycles. The van der Waals surface area contributed by atoms with Gasteiger partial charge in [-0.05, 0) is 12.5 Å². The molecule has 4 rings (SSSR count). The monoisotopic (exact) mass is 366 g/mol. The van der Waals surface area contributed by atoms with Crippen LogP contribution in [0.4, 0.5) is 0 Å². The highest BCUT2D eigenvalue weighted by molar-refractivity contribution is 7.13. The molecule has 3 aromatic rings. The number of thiazole rings is 1. The molecule has 0 radical (unpaired) electrons. The second-order valence-corrected chi connectivity index (χ2v) is 8.07. The molecule has 1 unspecified atom stereocenters. The zero-order valence-corrected chi connectivity index (χ0v) is 16.0. The Morgan fingerprint density at radius 2 is 2.08 bits per heavy atom. The lowest BCUT2D eigenvalue weighted by molar-refractivity contribution is 0.0726. The predicted molar refractivity (Wildman–Crippen MR) is 103 cm³/mol. The summed E-state index contributed by atoms with van der Waals surface area (Å²) >= 11 is 1.52. The molecule has 3 heterocycles. The molecular formula is C20H22N4OS. The van der Waals surface area contributed by atoms with Gasteiger partial charge in [0.25, 0.3) is 5.91 Å². The lowest BCUT2D eigenvalue weighted by Gasteiger charge is -2.32. The first-order valence-electron chi connectivity index (χ1n) is 8.88. The molecule has 1 atom stereocenters. The fourth-order valence-corrected chi connectivity index (χ4v) is 4.47. The van der Waals surface area contributed by atoms with Crippen molar-refractivity contribution in [2.24, 2.45) is 0 Å². The molecule has 0 spiro atoms. The van der Waals surface area contributed by atoms with Crippen LogP contribution in [0, 0.1) is 6.92 Å². The largest absolute Gasteiger partial charge is 0.347 e. The Balaban J connectivity index is 1.67. The van der Waals surface area contributed by atoms with Gasteiger partial charge in [0.1, 0.15) is 4.88 Å². The van der Waals surface area contributed by atoms with Crippen LogP contribution in [-0.2, 0) is 6.54 Å². The van der Waals surface area contributed by atoms with Crippen LogP contribution in [0.15, 0.2) is 36.7 Å². The van der Waals surface area contributed by atoms with Gasteiger partial charge in [0.15, 0.2) is 0 Å². The van der Waals surface area contributed by atoms with E-state index in [0.29, 0.717) is 19.0 Å². The van der Waals surface area contributed by atoms with Crippen LogP contribution in [0.3, 0.4) is 0 Å². The third-order valence-electron chi connectivity index (χ3n) is 4.82. The number of aryl methyl sites for hydroxylation is 1. The number of aromatic amines is 1. The molecule has 134 valence electrons. The van der Waals surface area contributed by atoms with Crippen LogP contribution in [0.1, 0.15) is 63.0 Å². The molecule has 0 aliphatic carbocycles. The number of nitrogens with zero attached hydrogens (tertiary/aromatic N) is 3. The molecule has 26 heavy (non-hydrogen) atoms. The van der Waals surface area contributed by atoms with Gasteiger partial charge in [-0.15, -0.1) is 11.3 Å². The number of benzene rings is 1. The van der Waals surface area contributed by atoms with E-state index in [1.54, 1.807) is 6.33 Å². The summed E-state index contributed by atoms with van der Waals surface area (Å²) in [5.41, 5.74) is 4.08. The van der Waals surface area contributed by atoms with Gasteiger partial charge >= 0.3 is 0 Å².